The van der Waals surface area contributed by atoms with E-state index in [4.69, 9.17) is 15.2 Å². The van der Waals surface area contributed by atoms with Gasteiger partial charge in [0.2, 0.25) is 11.8 Å². The molecule has 3 rings (SSSR count). The van der Waals surface area contributed by atoms with E-state index in [0.717, 1.165) is 5.69 Å². The predicted molar refractivity (Wildman–Crippen MR) is 89.5 cm³/mol. The van der Waals surface area contributed by atoms with Crippen molar-refractivity contribution in [1.82, 2.24) is 10.2 Å². The molecule has 0 amide bonds. The number of nitriles is 1. The number of nitrogens with one attached hydrogen (secondary N) is 1. The van der Waals surface area contributed by atoms with Gasteiger partial charge in [-0.2, -0.15) is 5.26 Å². The van der Waals surface area contributed by atoms with Crippen LogP contribution in [0.15, 0.2) is 29.7 Å². The summed E-state index contributed by atoms with van der Waals surface area (Å²) >= 11 is 0. The molecule has 7 heteroatoms. The molecule has 2 aromatic rings. The first-order valence-corrected chi connectivity index (χ1v) is 7.77. The standard InChI is InChI=1S/C18H19FN4O2/c1-18(2,3)15-14-13(10-7-9(24-4)5-6-12(10)19)11(8-20)16(21)25-17(14)23-22-15/h5-7,13H,21H2,1-4H3,(H,22,23)/t13-/m0/s1. The number of fused-ring (bicyclic) bond motifs is 1. The molecule has 25 heavy (non-hydrogen) atoms. The average molecular weight is 342 g/mol. The molecule has 6 nitrogen and oxygen atoms in total. The van der Waals surface area contributed by atoms with Crippen molar-refractivity contribution in [2.45, 2.75) is 32.1 Å². The third kappa shape index (κ3) is 2.70. The number of aromatic nitrogens is 2. The Morgan fingerprint density at radius 3 is 2.72 bits per heavy atom. The lowest BCUT2D eigenvalue weighted by molar-refractivity contribution is 0.376. The summed E-state index contributed by atoms with van der Waals surface area (Å²) in [5, 5.41) is 16.7. The fourth-order valence-electron chi connectivity index (χ4n) is 3.00. The van der Waals surface area contributed by atoms with Crippen LogP contribution in [0.5, 0.6) is 11.6 Å². The zero-order chi connectivity index (χ0) is 18.4. The zero-order valence-corrected chi connectivity index (χ0v) is 14.5. The molecule has 0 fully saturated rings. The highest BCUT2D eigenvalue weighted by Gasteiger charge is 2.39. The number of nitrogens with zero attached hydrogens (tertiary/aromatic N) is 2. The second kappa shape index (κ2) is 5.81. The van der Waals surface area contributed by atoms with Gasteiger partial charge in [0.1, 0.15) is 23.2 Å². The van der Waals surface area contributed by atoms with Gasteiger partial charge in [-0.3, -0.25) is 5.10 Å². The molecule has 0 saturated carbocycles. The predicted octanol–water partition coefficient (Wildman–Crippen LogP) is 3.07. The van der Waals surface area contributed by atoms with Gasteiger partial charge in [0.05, 0.1) is 18.6 Å². The Labute approximate surface area is 145 Å². The number of aromatic amines is 1. The van der Waals surface area contributed by atoms with E-state index < -0.39 is 11.7 Å². The normalized spacial score (nSPS) is 16.9. The first-order chi connectivity index (χ1) is 11.8. The lowest BCUT2D eigenvalue weighted by atomic mass is 9.78. The monoisotopic (exact) mass is 342 g/mol. The van der Waals surface area contributed by atoms with Gasteiger partial charge in [0.25, 0.3) is 0 Å². The lowest BCUT2D eigenvalue weighted by Crippen LogP contribution is -2.24. The maximum atomic E-state index is 14.7. The number of nitrogens with two attached hydrogens (primary N) is 1. The second-order valence-electron chi connectivity index (χ2n) is 6.88. The summed E-state index contributed by atoms with van der Waals surface area (Å²) < 4.78 is 25.4. The Hall–Kier alpha value is -3.01. The number of ether oxygens (including phenoxy) is 2. The van der Waals surface area contributed by atoms with E-state index in [1.165, 1.54) is 19.2 Å². The lowest BCUT2D eigenvalue weighted by Gasteiger charge is -2.27. The van der Waals surface area contributed by atoms with Gasteiger partial charge in [-0.1, -0.05) is 20.8 Å². The van der Waals surface area contributed by atoms with Crippen molar-refractivity contribution in [3.63, 3.8) is 0 Å². The molecule has 0 radical (unpaired) electrons. The summed E-state index contributed by atoms with van der Waals surface area (Å²) in [6.45, 7) is 5.98. The second-order valence-corrected chi connectivity index (χ2v) is 6.88. The van der Waals surface area contributed by atoms with Crippen molar-refractivity contribution in [2.24, 2.45) is 5.73 Å². The number of allylic oxidation sites excluding steroid dienone is 1. The van der Waals surface area contributed by atoms with Crippen LogP contribution >= 0.6 is 0 Å². The quantitative estimate of drug-likeness (QED) is 0.874. The first kappa shape index (κ1) is 16.8. The molecule has 0 bridgehead atoms. The molecule has 1 aliphatic heterocycles. The van der Waals surface area contributed by atoms with Crippen LogP contribution in [0.4, 0.5) is 4.39 Å². The highest BCUT2D eigenvalue weighted by molar-refractivity contribution is 5.57. The maximum Gasteiger partial charge on any atom is 0.244 e. The van der Waals surface area contributed by atoms with Crippen LogP contribution in [0, 0.1) is 17.1 Å². The SMILES string of the molecule is COc1ccc(F)c([C@H]2C(C#N)=C(N)Oc3n[nH]c(C(C)(C)C)c32)c1. The summed E-state index contributed by atoms with van der Waals surface area (Å²) in [4.78, 5) is 0. The number of hydrogen-bond donors (Lipinski definition) is 2. The minimum atomic E-state index is -0.725. The van der Waals surface area contributed by atoms with Crippen molar-refractivity contribution in [3.05, 3.63) is 52.3 Å². The smallest absolute Gasteiger partial charge is 0.244 e. The van der Waals surface area contributed by atoms with Crippen LogP contribution in [0.2, 0.25) is 0 Å². The molecule has 1 aromatic carbocycles. The van der Waals surface area contributed by atoms with Crippen molar-refractivity contribution >= 4 is 0 Å². The summed E-state index contributed by atoms with van der Waals surface area (Å²) in [6.07, 6.45) is 0. The molecule has 0 spiro atoms. The number of methoxy groups -OCH3 is 1. The molecule has 130 valence electrons. The van der Waals surface area contributed by atoms with Crippen molar-refractivity contribution in [1.29, 1.82) is 5.26 Å². The third-order valence-electron chi connectivity index (χ3n) is 4.20. The highest BCUT2D eigenvalue weighted by atomic mass is 19.1. The van der Waals surface area contributed by atoms with Gasteiger partial charge in [-0.05, 0) is 18.2 Å². The number of halogens is 1. The molecule has 0 unspecified atom stereocenters. The molecular weight excluding hydrogens is 323 g/mol. The number of hydrogen-bond acceptors (Lipinski definition) is 5. The van der Waals surface area contributed by atoms with Gasteiger partial charge in [0.15, 0.2) is 0 Å². The summed E-state index contributed by atoms with van der Waals surface area (Å²) in [6, 6.07) is 6.46. The van der Waals surface area contributed by atoms with Crippen LogP contribution in [0.25, 0.3) is 0 Å². The Balaban J connectivity index is 2.32. The van der Waals surface area contributed by atoms with Gasteiger partial charge < -0.3 is 15.2 Å². The third-order valence-corrected chi connectivity index (χ3v) is 4.20. The van der Waals surface area contributed by atoms with E-state index in [2.05, 4.69) is 16.3 Å². The number of rotatable bonds is 2. The Kier molecular flexibility index (Phi) is 3.91. The van der Waals surface area contributed by atoms with Gasteiger partial charge in [-0.25, -0.2) is 4.39 Å². The van der Waals surface area contributed by atoms with Crippen LogP contribution in [0.1, 0.15) is 43.5 Å². The summed E-state index contributed by atoms with van der Waals surface area (Å²) in [7, 11) is 1.50. The molecular formula is C18H19FN4O2. The highest BCUT2D eigenvalue weighted by Crippen LogP contribution is 2.46. The van der Waals surface area contributed by atoms with Crippen molar-refractivity contribution in [2.75, 3.05) is 7.11 Å². The van der Waals surface area contributed by atoms with E-state index >= 15 is 0 Å². The topological polar surface area (TPSA) is 96.9 Å². The Morgan fingerprint density at radius 1 is 1.40 bits per heavy atom. The minimum Gasteiger partial charge on any atom is -0.497 e. The molecule has 1 aromatic heterocycles. The van der Waals surface area contributed by atoms with Crippen LogP contribution in [0.3, 0.4) is 0 Å². The van der Waals surface area contributed by atoms with Gasteiger partial charge in [-0.15, -0.1) is 5.10 Å². The van der Waals surface area contributed by atoms with Crippen LogP contribution in [-0.2, 0) is 5.41 Å². The van der Waals surface area contributed by atoms with E-state index in [9.17, 15) is 9.65 Å². The molecule has 1 aliphatic rings. The number of H-pyrrole nitrogens is 1. The van der Waals surface area contributed by atoms with Gasteiger partial charge >= 0.3 is 0 Å². The van der Waals surface area contributed by atoms with Gasteiger partial charge in [0, 0.05) is 16.7 Å². The first-order valence-electron chi connectivity index (χ1n) is 7.77. The molecule has 0 aliphatic carbocycles. The minimum absolute atomic E-state index is 0.0748. The van der Waals surface area contributed by atoms with Crippen molar-refractivity contribution in [3.8, 4) is 17.7 Å². The van der Waals surface area contributed by atoms with Crippen LogP contribution in [-0.4, -0.2) is 17.3 Å². The molecule has 2 heterocycles. The fourth-order valence-corrected chi connectivity index (χ4v) is 3.00. The Morgan fingerprint density at radius 2 is 2.12 bits per heavy atom. The van der Waals surface area contributed by atoms with E-state index in [1.807, 2.05) is 20.8 Å². The van der Waals surface area contributed by atoms with Crippen molar-refractivity contribution < 1.29 is 13.9 Å². The van der Waals surface area contributed by atoms with E-state index in [-0.39, 0.29) is 28.3 Å². The zero-order valence-electron chi connectivity index (χ0n) is 14.5. The summed E-state index contributed by atoms with van der Waals surface area (Å²) in [5.41, 5.74) is 7.39. The maximum absolute atomic E-state index is 14.7. The fraction of sp³-hybridized carbons (Fsp3) is 0.333. The van der Waals surface area contributed by atoms with Crippen LogP contribution < -0.4 is 15.2 Å². The number of benzene rings is 1. The Bertz CT molecular complexity index is 903. The largest absolute Gasteiger partial charge is 0.497 e. The van der Waals surface area contributed by atoms with E-state index in [0.29, 0.717) is 11.3 Å². The molecule has 1 atom stereocenters. The summed E-state index contributed by atoms with van der Waals surface area (Å²) in [5.74, 6) is -0.513. The molecule has 3 N–H and O–H groups in total. The molecule has 0 saturated heterocycles. The average Bonchev–Trinajstić information content (AvgIpc) is 2.97. The van der Waals surface area contributed by atoms with E-state index in [1.54, 1.807) is 6.07 Å².